The van der Waals surface area contributed by atoms with Gasteiger partial charge in [-0.15, -0.1) is 0 Å². The smallest absolute Gasteiger partial charge is 0.266 e. The van der Waals surface area contributed by atoms with Gasteiger partial charge in [0.2, 0.25) is 5.78 Å². The predicted octanol–water partition coefficient (Wildman–Crippen LogP) is 5.50. The monoisotopic (exact) mass is 414 g/mol. The quantitative estimate of drug-likeness (QED) is 0.356. The number of aromatic nitrogens is 2. The molecule has 0 fully saturated rings. The highest BCUT2D eigenvalue weighted by Crippen LogP contribution is 2.33. The van der Waals surface area contributed by atoms with Gasteiger partial charge in [-0.05, 0) is 53.6 Å². The molecule has 4 aromatic carbocycles. The molecule has 0 aliphatic carbocycles. The highest BCUT2D eigenvalue weighted by atomic mass is 16.3. The van der Waals surface area contributed by atoms with Gasteiger partial charge in [-0.2, -0.15) is 0 Å². The highest BCUT2D eigenvalue weighted by Gasteiger charge is 2.29. The molecule has 0 saturated carbocycles. The average molecular weight is 414 g/mol. The summed E-state index contributed by atoms with van der Waals surface area (Å²) in [5.74, 6) is -0.0521. The molecule has 0 N–H and O–H groups in total. The standard InChI is InChI=1S/C27H14N2O3/c30-25-18-6-1-3-7-22(18)29-26(25)28-21-11-9-15(14-20(21)27(29)31)16-10-12-24-19(13-16)17-5-2-4-8-23(17)32-24/h1-14H. The second kappa shape index (κ2) is 6.02. The summed E-state index contributed by atoms with van der Waals surface area (Å²) in [5, 5.41) is 2.56. The summed E-state index contributed by atoms with van der Waals surface area (Å²) < 4.78 is 7.36. The minimum Gasteiger partial charge on any atom is -0.456 e. The van der Waals surface area contributed by atoms with E-state index in [0.29, 0.717) is 22.2 Å². The molecule has 2 aromatic heterocycles. The van der Waals surface area contributed by atoms with Gasteiger partial charge in [-0.3, -0.25) is 14.2 Å². The van der Waals surface area contributed by atoms with Crippen molar-refractivity contribution in [3.8, 4) is 16.8 Å². The SMILES string of the molecule is O=C1c2ccccc2-n2c1nc1ccc(-c3ccc4oc5ccccc5c4c3)cc1c2=O. The zero-order valence-electron chi connectivity index (χ0n) is 16.7. The Morgan fingerprint density at radius 1 is 0.688 bits per heavy atom. The van der Waals surface area contributed by atoms with Crippen LogP contribution in [0.5, 0.6) is 0 Å². The number of para-hydroxylation sites is 2. The maximum Gasteiger partial charge on any atom is 0.266 e. The lowest BCUT2D eigenvalue weighted by molar-refractivity contribution is 0.103. The fraction of sp³-hybridized carbons (Fsp3) is 0. The van der Waals surface area contributed by atoms with E-state index in [1.54, 1.807) is 24.3 Å². The molecular formula is C27H14N2O3. The maximum atomic E-state index is 13.4. The summed E-state index contributed by atoms with van der Waals surface area (Å²) in [7, 11) is 0. The van der Waals surface area contributed by atoms with Gasteiger partial charge in [0.05, 0.1) is 22.2 Å². The minimum atomic E-state index is -0.236. The van der Waals surface area contributed by atoms with Gasteiger partial charge >= 0.3 is 0 Å². The largest absolute Gasteiger partial charge is 0.456 e. The number of furan rings is 1. The van der Waals surface area contributed by atoms with Gasteiger partial charge in [0.15, 0.2) is 5.82 Å². The number of rotatable bonds is 1. The summed E-state index contributed by atoms with van der Waals surface area (Å²) >= 11 is 0. The number of nitrogens with zero attached hydrogens (tertiary/aromatic N) is 2. The van der Waals surface area contributed by atoms with E-state index < -0.39 is 0 Å². The zero-order valence-corrected chi connectivity index (χ0v) is 16.7. The summed E-state index contributed by atoms with van der Waals surface area (Å²) in [6, 6.07) is 26.7. The van der Waals surface area contributed by atoms with E-state index in [-0.39, 0.29) is 17.2 Å². The number of ketones is 1. The molecule has 5 heteroatoms. The Kier molecular flexibility index (Phi) is 3.23. The number of carbonyl (C=O) groups is 1. The van der Waals surface area contributed by atoms with Crippen LogP contribution >= 0.6 is 0 Å². The first-order chi connectivity index (χ1) is 15.7. The Bertz CT molecular complexity index is 1820. The number of fused-ring (bicyclic) bond motifs is 7. The third kappa shape index (κ3) is 2.19. The van der Waals surface area contributed by atoms with Gasteiger partial charge in [-0.25, -0.2) is 4.98 Å². The molecule has 6 aromatic rings. The first-order valence-electron chi connectivity index (χ1n) is 10.3. The van der Waals surface area contributed by atoms with Gasteiger partial charge in [-0.1, -0.05) is 42.5 Å². The average Bonchev–Trinajstić information content (AvgIpc) is 3.34. The molecule has 0 unspecified atom stereocenters. The molecule has 32 heavy (non-hydrogen) atoms. The molecule has 3 heterocycles. The molecule has 0 atom stereocenters. The minimum absolute atomic E-state index is 0.169. The lowest BCUT2D eigenvalue weighted by Crippen LogP contribution is -2.21. The summed E-state index contributed by atoms with van der Waals surface area (Å²) in [6.45, 7) is 0. The molecule has 0 saturated heterocycles. The molecule has 1 aliphatic heterocycles. The van der Waals surface area contributed by atoms with Crippen LogP contribution in [0.25, 0.3) is 49.7 Å². The van der Waals surface area contributed by atoms with E-state index in [0.717, 1.165) is 33.1 Å². The van der Waals surface area contributed by atoms with Gasteiger partial charge in [0.1, 0.15) is 11.2 Å². The molecule has 0 spiro atoms. The van der Waals surface area contributed by atoms with E-state index in [9.17, 15) is 9.59 Å². The first kappa shape index (κ1) is 17.2. The Labute approximate surface area is 181 Å². The van der Waals surface area contributed by atoms with E-state index in [4.69, 9.17) is 4.42 Å². The summed E-state index contributed by atoms with van der Waals surface area (Å²) in [6.07, 6.45) is 0. The van der Waals surface area contributed by atoms with Gasteiger partial charge in [0, 0.05) is 10.8 Å². The van der Waals surface area contributed by atoms with Crippen LogP contribution in [0.2, 0.25) is 0 Å². The molecule has 0 bridgehead atoms. The second-order valence-corrected chi connectivity index (χ2v) is 7.96. The van der Waals surface area contributed by atoms with Crippen molar-refractivity contribution >= 4 is 38.6 Å². The van der Waals surface area contributed by atoms with Crippen LogP contribution in [0.1, 0.15) is 16.2 Å². The van der Waals surface area contributed by atoms with Crippen LogP contribution in [-0.2, 0) is 0 Å². The van der Waals surface area contributed by atoms with Crippen LogP contribution < -0.4 is 5.56 Å². The van der Waals surface area contributed by atoms with Crippen molar-refractivity contribution < 1.29 is 9.21 Å². The Morgan fingerprint density at radius 3 is 2.31 bits per heavy atom. The van der Waals surface area contributed by atoms with E-state index in [1.165, 1.54) is 4.57 Å². The second-order valence-electron chi connectivity index (χ2n) is 7.96. The van der Waals surface area contributed by atoms with Crippen LogP contribution in [-0.4, -0.2) is 15.3 Å². The number of hydrogen-bond donors (Lipinski definition) is 0. The van der Waals surface area contributed by atoms with Crippen LogP contribution in [0, 0.1) is 0 Å². The van der Waals surface area contributed by atoms with Crippen molar-refractivity contribution in [1.29, 1.82) is 0 Å². The fourth-order valence-corrected chi connectivity index (χ4v) is 4.63. The van der Waals surface area contributed by atoms with Crippen molar-refractivity contribution in [1.82, 2.24) is 9.55 Å². The molecule has 1 aliphatic rings. The molecule has 0 amide bonds. The van der Waals surface area contributed by atoms with Crippen molar-refractivity contribution in [2.45, 2.75) is 0 Å². The third-order valence-electron chi connectivity index (χ3n) is 6.17. The fourth-order valence-electron chi connectivity index (χ4n) is 4.63. The lowest BCUT2D eigenvalue weighted by atomic mass is 10.0. The third-order valence-corrected chi connectivity index (χ3v) is 6.17. The molecule has 5 nitrogen and oxygen atoms in total. The Balaban J connectivity index is 1.47. The van der Waals surface area contributed by atoms with Gasteiger partial charge < -0.3 is 4.42 Å². The van der Waals surface area contributed by atoms with Crippen molar-refractivity contribution in [3.05, 3.63) is 107 Å². The van der Waals surface area contributed by atoms with E-state index in [2.05, 4.69) is 11.1 Å². The van der Waals surface area contributed by atoms with Crippen molar-refractivity contribution in [2.75, 3.05) is 0 Å². The predicted molar refractivity (Wildman–Crippen MR) is 123 cm³/mol. The van der Waals surface area contributed by atoms with Crippen LogP contribution in [0.15, 0.2) is 94.1 Å². The Morgan fingerprint density at radius 2 is 1.41 bits per heavy atom. The van der Waals surface area contributed by atoms with Crippen molar-refractivity contribution in [2.24, 2.45) is 0 Å². The zero-order chi connectivity index (χ0) is 21.4. The number of carbonyl (C=O) groups excluding carboxylic acids is 1. The summed E-state index contributed by atoms with van der Waals surface area (Å²) in [4.78, 5) is 30.7. The van der Waals surface area contributed by atoms with Crippen molar-refractivity contribution in [3.63, 3.8) is 0 Å². The number of hydrogen-bond acceptors (Lipinski definition) is 4. The summed E-state index contributed by atoms with van der Waals surface area (Å²) in [5.41, 5.74) is 4.92. The van der Waals surface area contributed by atoms with Gasteiger partial charge in [0.25, 0.3) is 5.56 Å². The number of benzene rings is 4. The Hall–Kier alpha value is -4.51. The highest BCUT2D eigenvalue weighted by molar-refractivity contribution is 6.13. The topological polar surface area (TPSA) is 65.1 Å². The molecule has 7 rings (SSSR count). The van der Waals surface area contributed by atoms with E-state index in [1.807, 2.05) is 54.6 Å². The first-order valence-corrected chi connectivity index (χ1v) is 10.3. The lowest BCUT2D eigenvalue weighted by Gasteiger charge is -2.08. The molecule has 150 valence electrons. The van der Waals surface area contributed by atoms with Crippen LogP contribution in [0.3, 0.4) is 0 Å². The maximum absolute atomic E-state index is 13.4. The normalized spacial score (nSPS) is 12.6. The van der Waals surface area contributed by atoms with E-state index >= 15 is 0 Å². The van der Waals surface area contributed by atoms with Crippen LogP contribution in [0.4, 0.5) is 0 Å². The molecule has 0 radical (unpaired) electrons. The molecular weight excluding hydrogens is 400 g/mol.